The average molecular weight is 403 g/mol. The molecule has 1 heterocycles. The van der Waals surface area contributed by atoms with E-state index < -0.39 is 0 Å². The zero-order valence-corrected chi connectivity index (χ0v) is 15.9. The lowest BCUT2D eigenvalue weighted by molar-refractivity contribution is -0.130. The predicted octanol–water partition coefficient (Wildman–Crippen LogP) is 4.16. The van der Waals surface area contributed by atoms with E-state index in [1.165, 1.54) is 11.9 Å². The quantitative estimate of drug-likeness (QED) is 0.770. The van der Waals surface area contributed by atoms with Crippen molar-refractivity contribution in [2.75, 3.05) is 14.2 Å². The van der Waals surface area contributed by atoms with Gasteiger partial charge in [-0.1, -0.05) is 28.1 Å². The molecule has 1 aliphatic rings. The molecule has 0 saturated carbocycles. The minimum absolute atomic E-state index is 0.109. The Hall–Kier alpha value is -2.34. The Kier molecular flexibility index (Phi) is 5.08. The smallest absolute Gasteiger partial charge is 0.240 e. The molecule has 0 radical (unpaired) electrons. The molecule has 1 aliphatic heterocycles. The Balaban J connectivity index is 2.00. The average Bonchev–Trinajstić information content (AvgIpc) is 3.07. The van der Waals surface area contributed by atoms with Crippen LogP contribution in [0.3, 0.4) is 0 Å². The number of halogens is 1. The summed E-state index contributed by atoms with van der Waals surface area (Å²) in [4.78, 5) is 12.2. The molecule has 1 amide bonds. The summed E-state index contributed by atoms with van der Waals surface area (Å²) in [6.07, 6.45) is 0.616. The Morgan fingerprint density at radius 2 is 1.88 bits per heavy atom. The summed E-state index contributed by atoms with van der Waals surface area (Å²) < 4.78 is 11.8. The van der Waals surface area contributed by atoms with Crippen LogP contribution in [0, 0.1) is 0 Å². The van der Waals surface area contributed by atoms with Crippen molar-refractivity contribution in [1.29, 1.82) is 0 Å². The van der Waals surface area contributed by atoms with Crippen LogP contribution in [0.2, 0.25) is 0 Å². The van der Waals surface area contributed by atoms with Gasteiger partial charge in [0.25, 0.3) is 0 Å². The van der Waals surface area contributed by atoms with E-state index in [0.29, 0.717) is 12.2 Å². The standard InChI is InChI=1S/C19H19BrN2O3/c1-12(23)22-18(16-10-15(24-2)8-9-19(16)25-3)11-17(21-22)13-4-6-14(20)7-5-13/h4-10,18H,11H2,1-3H3/t18-/m0/s1. The molecule has 130 valence electrons. The lowest BCUT2D eigenvalue weighted by Crippen LogP contribution is -2.24. The number of methoxy groups -OCH3 is 2. The van der Waals surface area contributed by atoms with Gasteiger partial charge in [0.05, 0.1) is 26.0 Å². The molecular weight excluding hydrogens is 384 g/mol. The maximum absolute atomic E-state index is 12.2. The molecule has 5 nitrogen and oxygen atoms in total. The number of amides is 1. The summed E-state index contributed by atoms with van der Waals surface area (Å²) in [5.74, 6) is 1.32. The van der Waals surface area contributed by atoms with Crippen molar-refractivity contribution in [1.82, 2.24) is 5.01 Å². The Morgan fingerprint density at radius 3 is 2.48 bits per heavy atom. The lowest BCUT2D eigenvalue weighted by Gasteiger charge is -2.22. The van der Waals surface area contributed by atoms with Gasteiger partial charge in [-0.3, -0.25) is 4.79 Å². The van der Waals surface area contributed by atoms with Crippen molar-refractivity contribution >= 4 is 27.5 Å². The number of hydrogen-bond acceptors (Lipinski definition) is 4. The van der Waals surface area contributed by atoms with Crippen LogP contribution < -0.4 is 9.47 Å². The topological polar surface area (TPSA) is 51.1 Å². The summed E-state index contributed by atoms with van der Waals surface area (Å²) in [6, 6.07) is 13.3. The molecular formula is C19H19BrN2O3. The highest BCUT2D eigenvalue weighted by Crippen LogP contribution is 2.39. The molecule has 6 heteroatoms. The SMILES string of the molecule is COc1ccc(OC)c([C@@H]2CC(c3ccc(Br)cc3)=NN2C(C)=O)c1. The number of hydrazone groups is 1. The first-order valence-corrected chi connectivity index (χ1v) is 8.68. The zero-order valence-electron chi connectivity index (χ0n) is 14.3. The number of rotatable bonds is 4. The second-order valence-electron chi connectivity index (χ2n) is 5.74. The zero-order chi connectivity index (χ0) is 18.0. The molecule has 25 heavy (non-hydrogen) atoms. The number of carbonyl (C=O) groups excluding carboxylic acids is 1. The summed E-state index contributed by atoms with van der Waals surface area (Å²) in [6.45, 7) is 1.52. The molecule has 2 aromatic rings. The van der Waals surface area contributed by atoms with Crippen LogP contribution in [0.25, 0.3) is 0 Å². The van der Waals surface area contributed by atoms with Gasteiger partial charge >= 0.3 is 0 Å². The summed E-state index contributed by atoms with van der Waals surface area (Å²) in [5.41, 5.74) is 2.75. The van der Waals surface area contributed by atoms with Gasteiger partial charge in [0.1, 0.15) is 11.5 Å². The van der Waals surface area contributed by atoms with Gasteiger partial charge < -0.3 is 9.47 Å². The van der Waals surface area contributed by atoms with E-state index in [2.05, 4.69) is 21.0 Å². The maximum Gasteiger partial charge on any atom is 0.240 e. The summed E-state index contributed by atoms with van der Waals surface area (Å²) >= 11 is 3.44. The first kappa shape index (κ1) is 17.5. The highest BCUT2D eigenvalue weighted by atomic mass is 79.9. The Morgan fingerprint density at radius 1 is 1.16 bits per heavy atom. The summed E-state index contributed by atoms with van der Waals surface area (Å²) in [5, 5.41) is 6.09. The second-order valence-corrected chi connectivity index (χ2v) is 6.66. The molecule has 0 fully saturated rings. The maximum atomic E-state index is 12.2. The number of benzene rings is 2. The molecule has 0 unspecified atom stereocenters. The monoisotopic (exact) mass is 402 g/mol. The van der Waals surface area contributed by atoms with Crippen LogP contribution in [-0.2, 0) is 4.79 Å². The third-order valence-electron chi connectivity index (χ3n) is 4.21. The van der Waals surface area contributed by atoms with Crippen LogP contribution in [0.15, 0.2) is 52.0 Å². The van der Waals surface area contributed by atoms with E-state index in [9.17, 15) is 4.79 Å². The van der Waals surface area contributed by atoms with Crippen LogP contribution in [0.5, 0.6) is 11.5 Å². The molecule has 3 rings (SSSR count). The number of ether oxygens (including phenoxy) is 2. The summed E-state index contributed by atoms with van der Waals surface area (Å²) in [7, 11) is 3.24. The fraction of sp³-hybridized carbons (Fsp3) is 0.263. The van der Waals surface area contributed by atoms with Gasteiger partial charge in [0, 0.05) is 23.4 Å². The minimum Gasteiger partial charge on any atom is -0.497 e. The lowest BCUT2D eigenvalue weighted by atomic mass is 9.97. The first-order valence-electron chi connectivity index (χ1n) is 7.88. The van der Waals surface area contributed by atoms with Crippen molar-refractivity contribution in [2.24, 2.45) is 5.10 Å². The first-order chi connectivity index (χ1) is 12.0. The predicted molar refractivity (Wildman–Crippen MR) is 100 cm³/mol. The molecule has 0 N–H and O–H groups in total. The van der Waals surface area contributed by atoms with Crippen LogP contribution in [0.4, 0.5) is 0 Å². The molecule has 0 aromatic heterocycles. The van der Waals surface area contributed by atoms with E-state index in [1.807, 2.05) is 42.5 Å². The normalized spacial score (nSPS) is 16.6. The van der Waals surface area contributed by atoms with Crippen LogP contribution in [-0.4, -0.2) is 30.8 Å². The van der Waals surface area contributed by atoms with Gasteiger partial charge in [-0.25, -0.2) is 5.01 Å². The van der Waals surface area contributed by atoms with E-state index in [0.717, 1.165) is 27.1 Å². The number of hydrogen-bond donors (Lipinski definition) is 0. The third kappa shape index (κ3) is 3.54. The highest BCUT2D eigenvalue weighted by molar-refractivity contribution is 9.10. The largest absolute Gasteiger partial charge is 0.497 e. The van der Waals surface area contributed by atoms with Crippen molar-refractivity contribution < 1.29 is 14.3 Å². The van der Waals surface area contributed by atoms with E-state index in [-0.39, 0.29) is 11.9 Å². The van der Waals surface area contributed by atoms with Crippen molar-refractivity contribution in [3.8, 4) is 11.5 Å². The Bertz CT molecular complexity index is 818. The van der Waals surface area contributed by atoms with Gasteiger partial charge in [-0.2, -0.15) is 5.10 Å². The third-order valence-corrected chi connectivity index (χ3v) is 4.73. The van der Waals surface area contributed by atoms with Gasteiger partial charge in [-0.15, -0.1) is 0 Å². The van der Waals surface area contributed by atoms with Crippen LogP contribution in [0.1, 0.15) is 30.5 Å². The number of carbonyl (C=O) groups is 1. The number of nitrogens with zero attached hydrogens (tertiary/aromatic N) is 2. The minimum atomic E-state index is -0.221. The van der Waals surface area contributed by atoms with E-state index in [1.54, 1.807) is 14.2 Å². The molecule has 0 bridgehead atoms. The Labute approximate surface area is 155 Å². The van der Waals surface area contributed by atoms with Gasteiger partial charge in [0.2, 0.25) is 5.91 Å². The van der Waals surface area contributed by atoms with Crippen molar-refractivity contribution in [3.63, 3.8) is 0 Å². The fourth-order valence-corrected chi connectivity index (χ4v) is 3.22. The molecule has 0 aliphatic carbocycles. The second kappa shape index (κ2) is 7.27. The molecule has 1 atom stereocenters. The van der Waals surface area contributed by atoms with Crippen LogP contribution >= 0.6 is 15.9 Å². The molecule has 2 aromatic carbocycles. The van der Waals surface area contributed by atoms with Crippen molar-refractivity contribution in [3.05, 3.63) is 58.1 Å². The molecule has 0 saturated heterocycles. The fourth-order valence-electron chi connectivity index (χ4n) is 2.96. The van der Waals surface area contributed by atoms with Crippen molar-refractivity contribution in [2.45, 2.75) is 19.4 Å². The van der Waals surface area contributed by atoms with E-state index in [4.69, 9.17) is 9.47 Å². The van der Waals surface area contributed by atoms with Gasteiger partial charge in [-0.05, 0) is 35.9 Å². The van der Waals surface area contributed by atoms with E-state index >= 15 is 0 Å². The van der Waals surface area contributed by atoms with Gasteiger partial charge in [0.15, 0.2) is 0 Å². The highest BCUT2D eigenvalue weighted by Gasteiger charge is 2.33. The molecule has 0 spiro atoms.